The van der Waals surface area contributed by atoms with E-state index in [9.17, 15) is 18.5 Å². The number of ether oxygens (including phenoxy) is 1. The molecule has 0 aliphatic heterocycles. The van der Waals surface area contributed by atoms with Crippen molar-refractivity contribution in [3.05, 3.63) is 57.6 Å². The molecule has 2 aromatic rings. The van der Waals surface area contributed by atoms with Crippen LogP contribution in [0.4, 0.5) is 17.1 Å². The predicted octanol–water partition coefficient (Wildman–Crippen LogP) is 3.46. The molecule has 0 bridgehead atoms. The lowest BCUT2D eigenvalue weighted by Crippen LogP contribution is -2.19. The van der Waals surface area contributed by atoms with Crippen LogP contribution < -0.4 is 10.0 Å². The number of nitrogens with one attached hydrogen (secondary N) is 2. The minimum Gasteiger partial charge on any atom is -0.380 e. The van der Waals surface area contributed by atoms with E-state index in [4.69, 9.17) is 4.74 Å². The molecule has 2 rings (SSSR count). The molecule has 2 N–H and O–H groups in total. The van der Waals surface area contributed by atoms with Gasteiger partial charge in [-0.3, -0.25) is 14.8 Å². The molecule has 1 atom stereocenters. The fraction of sp³-hybridized carbons (Fsp3) is 0.333. The van der Waals surface area contributed by atoms with Crippen molar-refractivity contribution in [1.82, 2.24) is 0 Å². The summed E-state index contributed by atoms with van der Waals surface area (Å²) < 4.78 is 32.9. The van der Waals surface area contributed by atoms with E-state index in [0.29, 0.717) is 12.2 Å². The molecule has 0 fully saturated rings. The first-order chi connectivity index (χ1) is 12.6. The highest BCUT2D eigenvalue weighted by atomic mass is 32.2. The van der Waals surface area contributed by atoms with Gasteiger partial charge in [0.1, 0.15) is 5.69 Å². The number of benzene rings is 2. The van der Waals surface area contributed by atoms with Gasteiger partial charge in [0, 0.05) is 19.7 Å². The molecule has 0 saturated heterocycles. The zero-order chi connectivity index (χ0) is 20.2. The van der Waals surface area contributed by atoms with Gasteiger partial charge in [-0.1, -0.05) is 17.7 Å². The maximum absolute atomic E-state index is 12.7. The summed E-state index contributed by atoms with van der Waals surface area (Å²) in [5.41, 5.74) is 2.11. The molecule has 0 radical (unpaired) electrons. The van der Waals surface area contributed by atoms with Gasteiger partial charge in [0.15, 0.2) is 0 Å². The maximum atomic E-state index is 12.7. The van der Waals surface area contributed by atoms with Gasteiger partial charge in [0.25, 0.3) is 15.7 Å². The lowest BCUT2D eigenvalue weighted by molar-refractivity contribution is -0.384. The first-order valence-corrected chi connectivity index (χ1v) is 9.77. The fourth-order valence-corrected chi connectivity index (χ4v) is 3.60. The molecule has 9 heteroatoms. The Morgan fingerprint density at radius 2 is 1.81 bits per heavy atom. The Morgan fingerprint density at radius 3 is 2.41 bits per heavy atom. The van der Waals surface area contributed by atoms with Crippen molar-refractivity contribution in [1.29, 1.82) is 0 Å². The maximum Gasteiger partial charge on any atom is 0.293 e. The Morgan fingerprint density at radius 1 is 1.15 bits per heavy atom. The number of sulfonamides is 1. The van der Waals surface area contributed by atoms with Crippen LogP contribution in [0.2, 0.25) is 0 Å². The van der Waals surface area contributed by atoms with Crippen LogP contribution in [0.1, 0.15) is 18.1 Å². The van der Waals surface area contributed by atoms with Crippen molar-refractivity contribution < 1.29 is 18.1 Å². The Balaban J connectivity index is 2.33. The van der Waals surface area contributed by atoms with E-state index < -0.39 is 14.9 Å². The van der Waals surface area contributed by atoms with Crippen LogP contribution >= 0.6 is 0 Å². The summed E-state index contributed by atoms with van der Waals surface area (Å²) in [4.78, 5) is 10.6. The molecular formula is C18H23N3O5S. The van der Waals surface area contributed by atoms with Crippen molar-refractivity contribution in [3.63, 3.8) is 0 Å². The molecule has 0 aliphatic carbocycles. The number of aryl methyl sites for hydroxylation is 2. The Hall–Kier alpha value is -2.65. The van der Waals surface area contributed by atoms with Crippen molar-refractivity contribution in [2.24, 2.45) is 0 Å². The Bertz CT molecular complexity index is 944. The van der Waals surface area contributed by atoms with Crippen molar-refractivity contribution in [2.75, 3.05) is 23.7 Å². The highest BCUT2D eigenvalue weighted by Gasteiger charge is 2.22. The Kier molecular flexibility index (Phi) is 6.40. The average molecular weight is 393 g/mol. The van der Waals surface area contributed by atoms with E-state index in [2.05, 4.69) is 10.0 Å². The molecule has 27 heavy (non-hydrogen) atoms. The summed E-state index contributed by atoms with van der Waals surface area (Å²) in [6.07, 6.45) is -0.154. The van der Waals surface area contributed by atoms with Gasteiger partial charge in [-0.25, -0.2) is 8.42 Å². The summed E-state index contributed by atoms with van der Waals surface area (Å²) in [6.45, 7) is 5.86. The van der Waals surface area contributed by atoms with Gasteiger partial charge in [-0.05, 0) is 44.5 Å². The molecule has 0 spiro atoms. The first kappa shape index (κ1) is 20.7. The van der Waals surface area contributed by atoms with E-state index in [0.717, 1.165) is 17.2 Å². The summed E-state index contributed by atoms with van der Waals surface area (Å²) in [7, 11) is -2.43. The number of hydrogen-bond acceptors (Lipinski definition) is 6. The van der Waals surface area contributed by atoms with Crippen molar-refractivity contribution in [2.45, 2.75) is 31.8 Å². The van der Waals surface area contributed by atoms with E-state index >= 15 is 0 Å². The third-order valence-corrected chi connectivity index (χ3v) is 5.45. The van der Waals surface area contributed by atoms with E-state index in [1.54, 1.807) is 19.1 Å². The number of methoxy groups -OCH3 is 1. The van der Waals surface area contributed by atoms with E-state index in [1.807, 2.05) is 19.9 Å². The second kappa shape index (κ2) is 8.36. The number of nitro benzene ring substituents is 1. The van der Waals surface area contributed by atoms with Crippen LogP contribution in [0.5, 0.6) is 0 Å². The summed E-state index contributed by atoms with van der Waals surface area (Å²) >= 11 is 0. The standard InChI is InChI=1S/C18H23N3O5S/c1-12-5-7-16(13(2)9-12)20-27(24,25)15-6-8-17(18(10-15)21(22)23)19-11-14(3)26-4/h5-10,14,19-20H,11H2,1-4H3. The van der Waals surface area contributed by atoms with Crippen LogP contribution in [0.3, 0.4) is 0 Å². The molecule has 1 unspecified atom stereocenters. The SMILES string of the molecule is COC(C)CNc1ccc(S(=O)(=O)Nc2ccc(C)cc2C)cc1[N+](=O)[O-]. The van der Waals surface area contributed by atoms with Gasteiger partial charge in [0.05, 0.1) is 21.6 Å². The largest absolute Gasteiger partial charge is 0.380 e. The smallest absolute Gasteiger partial charge is 0.293 e. The number of nitro groups is 1. The van der Waals surface area contributed by atoms with Crippen LogP contribution in [0.15, 0.2) is 41.3 Å². The molecule has 8 nitrogen and oxygen atoms in total. The number of anilines is 2. The van der Waals surface area contributed by atoms with Crippen LogP contribution in [0, 0.1) is 24.0 Å². The molecular weight excluding hydrogens is 370 g/mol. The first-order valence-electron chi connectivity index (χ1n) is 8.29. The summed E-state index contributed by atoms with van der Waals surface area (Å²) in [6, 6.07) is 9.07. The summed E-state index contributed by atoms with van der Waals surface area (Å²) in [5, 5.41) is 14.3. The van der Waals surface area contributed by atoms with Gasteiger partial charge < -0.3 is 10.1 Å². The third kappa shape index (κ3) is 5.18. The minimum absolute atomic E-state index is 0.154. The molecule has 0 aliphatic rings. The normalized spacial score (nSPS) is 12.4. The van der Waals surface area contributed by atoms with Gasteiger partial charge in [-0.15, -0.1) is 0 Å². The third-order valence-electron chi connectivity index (χ3n) is 4.08. The highest BCUT2D eigenvalue weighted by molar-refractivity contribution is 7.92. The number of nitrogens with zero attached hydrogens (tertiary/aromatic N) is 1. The minimum atomic E-state index is -3.96. The quantitative estimate of drug-likeness (QED) is 0.525. The number of hydrogen-bond donors (Lipinski definition) is 2. The molecule has 146 valence electrons. The lowest BCUT2D eigenvalue weighted by atomic mass is 10.1. The molecule has 0 aromatic heterocycles. The second-order valence-corrected chi connectivity index (χ2v) is 7.97. The van der Waals surface area contributed by atoms with Gasteiger partial charge in [-0.2, -0.15) is 0 Å². The van der Waals surface area contributed by atoms with Gasteiger partial charge in [0.2, 0.25) is 0 Å². The van der Waals surface area contributed by atoms with Gasteiger partial charge >= 0.3 is 0 Å². The predicted molar refractivity (Wildman–Crippen MR) is 105 cm³/mol. The monoisotopic (exact) mass is 393 g/mol. The topological polar surface area (TPSA) is 111 Å². The lowest BCUT2D eigenvalue weighted by Gasteiger charge is -2.14. The Labute approximate surface area is 158 Å². The van der Waals surface area contributed by atoms with Crippen LogP contribution in [-0.4, -0.2) is 33.1 Å². The highest BCUT2D eigenvalue weighted by Crippen LogP contribution is 2.29. The number of rotatable bonds is 8. The molecule has 0 amide bonds. The molecule has 2 aromatic carbocycles. The summed E-state index contributed by atoms with van der Waals surface area (Å²) in [5.74, 6) is 0. The average Bonchev–Trinajstić information content (AvgIpc) is 2.61. The zero-order valence-electron chi connectivity index (χ0n) is 15.6. The molecule has 0 heterocycles. The van der Waals surface area contributed by atoms with Crippen molar-refractivity contribution in [3.8, 4) is 0 Å². The van der Waals surface area contributed by atoms with E-state index in [-0.39, 0.29) is 22.4 Å². The molecule has 0 saturated carbocycles. The van der Waals surface area contributed by atoms with E-state index in [1.165, 1.54) is 19.2 Å². The fourth-order valence-electron chi connectivity index (χ4n) is 2.45. The van der Waals surface area contributed by atoms with Crippen LogP contribution in [0.25, 0.3) is 0 Å². The second-order valence-electron chi connectivity index (χ2n) is 6.29. The van der Waals surface area contributed by atoms with Crippen LogP contribution in [-0.2, 0) is 14.8 Å². The zero-order valence-corrected chi connectivity index (χ0v) is 16.5. The van der Waals surface area contributed by atoms with Crippen molar-refractivity contribution >= 4 is 27.1 Å².